The van der Waals surface area contributed by atoms with Crippen LogP contribution < -0.4 is 0 Å². The van der Waals surface area contributed by atoms with Gasteiger partial charge in [0.05, 0.1) is 0 Å². The zero-order chi connectivity index (χ0) is 33.4. The predicted molar refractivity (Wildman–Crippen MR) is 213 cm³/mol. The Bertz CT molecular complexity index is 2740. The van der Waals surface area contributed by atoms with Crippen molar-refractivity contribution >= 4 is 54.3 Å². The lowest BCUT2D eigenvalue weighted by Gasteiger charge is -2.28. The topological polar surface area (TPSA) is 13.1 Å². The van der Waals surface area contributed by atoms with Gasteiger partial charge in [-0.05, 0) is 108 Å². The third-order valence-corrected chi connectivity index (χ3v) is 11.6. The number of unbranched alkanes of at least 4 members (excludes halogenated alkanes) is 2. The lowest BCUT2D eigenvalue weighted by Crippen LogP contribution is -2.20. The number of furan rings is 1. The molecule has 0 saturated carbocycles. The first-order valence-electron chi connectivity index (χ1n) is 18.2. The Labute approximate surface area is 292 Å². The summed E-state index contributed by atoms with van der Waals surface area (Å²) in [6.07, 6.45) is 4.84. The summed E-state index contributed by atoms with van der Waals surface area (Å²) in [7, 11) is 0. The maximum Gasteiger partial charge on any atom is 0.136 e. The summed E-state index contributed by atoms with van der Waals surface area (Å²) in [6.45, 7) is 4.80. The molecule has 1 unspecified atom stereocenters. The molecule has 1 atom stereocenters. The highest BCUT2D eigenvalue weighted by Gasteiger charge is 2.41. The molecule has 0 radical (unpaired) electrons. The van der Waals surface area contributed by atoms with Crippen molar-refractivity contribution in [2.45, 2.75) is 44.9 Å². The standard InChI is InChI=1S/C49H38O/c1-3-4-15-28-49(2)41-24-13-11-23-40(41)47-42(49)29-31-16-5-6-17-33(31)48(47)46-38-21-9-7-19-36(38)45(37-20-8-10-22-39(37)46)32-26-27-35-34-18-12-14-25-43(34)50-44(35)30-32/h5-14,16-27,29-30H,3-4,15,28H2,1-2H3. The number of benzene rings is 8. The quantitative estimate of drug-likeness (QED) is 0.130. The van der Waals surface area contributed by atoms with Gasteiger partial charge in [0.15, 0.2) is 0 Å². The van der Waals surface area contributed by atoms with Gasteiger partial charge < -0.3 is 4.42 Å². The van der Waals surface area contributed by atoms with Crippen LogP contribution in [0.15, 0.2) is 150 Å². The molecule has 0 aliphatic heterocycles. The predicted octanol–water partition coefficient (Wildman–Crippen LogP) is 14.2. The summed E-state index contributed by atoms with van der Waals surface area (Å²) < 4.78 is 6.42. The van der Waals surface area contributed by atoms with Crippen LogP contribution in [0.4, 0.5) is 0 Å². The molecule has 10 rings (SSSR count). The Hall–Kier alpha value is -5.66. The van der Waals surface area contributed by atoms with Crippen LogP contribution in [0.5, 0.6) is 0 Å². The van der Waals surface area contributed by atoms with Gasteiger partial charge in [-0.1, -0.05) is 154 Å². The molecule has 1 aromatic heterocycles. The van der Waals surface area contributed by atoms with Gasteiger partial charge in [-0.15, -0.1) is 0 Å². The highest BCUT2D eigenvalue weighted by molar-refractivity contribution is 6.26. The first-order chi connectivity index (χ1) is 24.7. The van der Waals surface area contributed by atoms with Crippen LogP contribution in [0.1, 0.15) is 50.7 Å². The Balaban J connectivity index is 1.33. The Kier molecular flexibility index (Phi) is 6.55. The largest absolute Gasteiger partial charge is 0.456 e. The van der Waals surface area contributed by atoms with E-state index < -0.39 is 0 Å². The molecule has 1 aliphatic rings. The van der Waals surface area contributed by atoms with E-state index in [1.54, 1.807) is 0 Å². The Morgan fingerprint density at radius 3 is 1.80 bits per heavy atom. The van der Waals surface area contributed by atoms with E-state index in [9.17, 15) is 0 Å². The highest BCUT2D eigenvalue weighted by atomic mass is 16.3. The lowest BCUT2D eigenvalue weighted by molar-refractivity contribution is 0.494. The van der Waals surface area contributed by atoms with E-state index in [1.807, 2.05) is 6.07 Å². The van der Waals surface area contributed by atoms with Crippen molar-refractivity contribution in [2.75, 3.05) is 0 Å². The molecule has 0 bridgehead atoms. The Morgan fingerprint density at radius 2 is 1.06 bits per heavy atom. The van der Waals surface area contributed by atoms with Crippen LogP contribution >= 0.6 is 0 Å². The summed E-state index contributed by atoms with van der Waals surface area (Å²) in [4.78, 5) is 0. The number of hydrogen-bond acceptors (Lipinski definition) is 1. The van der Waals surface area contributed by atoms with Crippen molar-refractivity contribution in [1.82, 2.24) is 0 Å². The normalized spacial score (nSPS) is 15.4. The van der Waals surface area contributed by atoms with Gasteiger partial charge in [0.1, 0.15) is 11.2 Å². The monoisotopic (exact) mass is 642 g/mol. The highest BCUT2D eigenvalue weighted by Crippen LogP contribution is 2.58. The minimum atomic E-state index is -0.0482. The van der Waals surface area contributed by atoms with E-state index >= 15 is 0 Å². The number of rotatable bonds is 6. The number of hydrogen-bond donors (Lipinski definition) is 0. The Morgan fingerprint density at radius 1 is 0.460 bits per heavy atom. The summed E-state index contributed by atoms with van der Waals surface area (Å²) in [5.74, 6) is 0. The summed E-state index contributed by atoms with van der Waals surface area (Å²) in [5, 5.41) is 10.0. The zero-order valence-corrected chi connectivity index (χ0v) is 28.6. The van der Waals surface area contributed by atoms with Gasteiger partial charge in [-0.3, -0.25) is 0 Å². The maximum atomic E-state index is 6.42. The van der Waals surface area contributed by atoms with Crippen molar-refractivity contribution in [3.05, 3.63) is 157 Å². The third-order valence-electron chi connectivity index (χ3n) is 11.6. The smallest absolute Gasteiger partial charge is 0.136 e. The minimum Gasteiger partial charge on any atom is -0.456 e. The number of fused-ring (bicyclic) bond motifs is 9. The van der Waals surface area contributed by atoms with Crippen molar-refractivity contribution in [3.8, 4) is 33.4 Å². The molecule has 1 aliphatic carbocycles. The van der Waals surface area contributed by atoms with E-state index in [0.717, 1.165) is 28.4 Å². The van der Waals surface area contributed by atoms with Crippen molar-refractivity contribution in [2.24, 2.45) is 0 Å². The van der Waals surface area contributed by atoms with Gasteiger partial charge >= 0.3 is 0 Å². The van der Waals surface area contributed by atoms with Crippen LogP contribution in [0, 0.1) is 0 Å². The van der Waals surface area contributed by atoms with E-state index in [-0.39, 0.29) is 5.41 Å². The SMILES string of the molecule is CCCCCC1(C)c2ccccc2-c2c1cc1ccccc1c2-c1c2ccccc2c(-c2ccc3c(c2)oc2ccccc23)c2ccccc12. The van der Waals surface area contributed by atoms with E-state index in [2.05, 4.69) is 153 Å². The molecule has 1 heterocycles. The van der Waals surface area contributed by atoms with Crippen LogP contribution in [-0.2, 0) is 5.41 Å². The molecule has 0 N–H and O–H groups in total. The van der Waals surface area contributed by atoms with Gasteiger partial charge in [-0.2, -0.15) is 0 Å². The van der Waals surface area contributed by atoms with Crippen LogP contribution in [0.3, 0.4) is 0 Å². The molecule has 240 valence electrons. The molecular formula is C49H38O. The van der Waals surface area contributed by atoms with E-state index in [0.29, 0.717) is 0 Å². The molecule has 0 fully saturated rings. The minimum absolute atomic E-state index is 0.0482. The van der Waals surface area contributed by atoms with Crippen LogP contribution in [-0.4, -0.2) is 0 Å². The third kappa shape index (κ3) is 4.13. The summed E-state index contributed by atoms with van der Waals surface area (Å²) >= 11 is 0. The molecule has 1 nitrogen and oxygen atoms in total. The lowest BCUT2D eigenvalue weighted by atomic mass is 9.74. The van der Waals surface area contributed by atoms with Gasteiger partial charge in [-0.25, -0.2) is 0 Å². The van der Waals surface area contributed by atoms with Gasteiger partial charge in [0.25, 0.3) is 0 Å². The molecule has 0 spiro atoms. The molecule has 50 heavy (non-hydrogen) atoms. The molecule has 0 saturated heterocycles. The molecule has 1 heteroatoms. The van der Waals surface area contributed by atoms with Crippen LogP contribution in [0.2, 0.25) is 0 Å². The molecule has 0 amide bonds. The number of para-hydroxylation sites is 1. The maximum absolute atomic E-state index is 6.42. The second-order valence-electron chi connectivity index (χ2n) is 14.4. The molecular weight excluding hydrogens is 605 g/mol. The first-order valence-corrected chi connectivity index (χ1v) is 18.2. The fourth-order valence-corrected chi connectivity index (χ4v) is 9.24. The van der Waals surface area contributed by atoms with Crippen LogP contribution in [0.25, 0.3) is 87.6 Å². The molecule has 8 aromatic carbocycles. The van der Waals surface area contributed by atoms with Gasteiger partial charge in [0, 0.05) is 16.2 Å². The summed E-state index contributed by atoms with van der Waals surface area (Å²) in [6, 6.07) is 54.0. The summed E-state index contributed by atoms with van der Waals surface area (Å²) in [5.41, 5.74) is 12.6. The second kappa shape index (κ2) is 11.2. The van der Waals surface area contributed by atoms with E-state index in [4.69, 9.17) is 4.42 Å². The second-order valence-corrected chi connectivity index (χ2v) is 14.4. The first kappa shape index (κ1) is 29.3. The van der Waals surface area contributed by atoms with E-state index in [1.165, 1.54) is 96.1 Å². The fourth-order valence-electron chi connectivity index (χ4n) is 9.24. The van der Waals surface area contributed by atoms with Crippen molar-refractivity contribution in [1.29, 1.82) is 0 Å². The fraction of sp³-hybridized carbons (Fsp3) is 0.143. The average Bonchev–Trinajstić information content (AvgIpc) is 3.65. The van der Waals surface area contributed by atoms with Crippen molar-refractivity contribution in [3.63, 3.8) is 0 Å². The zero-order valence-electron chi connectivity index (χ0n) is 28.6. The van der Waals surface area contributed by atoms with Crippen molar-refractivity contribution < 1.29 is 4.42 Å². The van der Waals surface area contributed by atoms with Gasteiger partial charge in [0.2, 0.25) is 0 Å². The molecule has 9 aromatic rings. The average molecular weight is 643 g/mol.